The molecule has 1 N–H and O–H groups in total. The molecule has 8 heteroatoms. The molecule has 4 aromatic rings. The number of rotatable bonds is 17. The van der Waals surface area contributed by atoms with Crippen LogP contribution in [0.4, 0.5) is 0 Å². The molecule has 1 aliphatic heterocycles. The van der Waals surface area contributed by atoms with Gasteiger partial charge in [-0.2, -0.15) is 0 Å². The van der Waals surface area contributed by atoms with Gasteiger partial charge in [-0.15, -0.1) is 0 Å². The van der Waals surface area contributed by atoms with E-state index in [1.165, 1.54) is 0 Å². The number of ether oxygens (including phenoxy) is 5. The molecule has 4 aromatic carbocycles. The van der Waals surface area contributed by atoms with Crippen LogP contribution in [0.3, 0.4) is 0 Å². The topological polar surface area (TPSA) is 66.4 Å². The number of benzene rings is 4. The van der Waals surface area contributed by atoms with Gasteiger partial charge in [0.1, 0.15) is 0 Å². The second kappa shape index (κ2) is 18.9. The zero-order chi connectivity index (χ0) is 31.1. The van der Waals surface area contributed by atoms with Gasteiger partial charge in [0.2, 0.25) is 0 Å². The van der Waals surface area contributed by atoms with E-state index in [1.54, 1.807) is 0 Å². The summed E-state index contributed by atoms with van der Waals surface area (Å²) in [4.78, 5) is 0. The zero-order valence-electron chi connectivity index (χ0n) is 25.5. The normalized spacial score (nSPS) is 22.0. The summed E-state index contributed by atoms with van der Waals surface area (Å²) in [5, 5.41) is 11.0. The van der Waals surface area contributed by atoms with Crippen molar-refractivity contribution in [2.24, 2.45) is 0 Å². The number of aliphatic hydroxyl groups is 1. The van der Waals surface area contributed by atoms with E-state index in [9.17, 15) is 5.11 Å². The SMILES string of the molecule is O[C@@H]([CH2][Hg][Cl])C[C@H]1OC(COCc2ccccc2)[C@@H](OCc2ccccc2)C(OCc2ccccc2)C1OCc1ccccc1. The van der Waals surface area contributed by atoms with E-state index in [2.05, 4.69) is 12.1 Å². The Hall–Kier alpha value is -2.13. The Kier molecular flexibility index (Phi) is 14.3. The van der Waals surface area contributed by atoms with Gasteiger partial charge in [-0.05, 0) is 0 Å². The number of halogens is 1. The quantitative estimate of drug-likeness (QED) is 0.115. The van der Waals surface area contributed by atoms with E-state index >= 15 is 0 Å². The molecule has 1 saturated heterocycles. The third kappa shape index (κ3) is 11.0. The molecule has 0 aliphatic carbocycles. The van der Waals surface area contributed by atoms with Crippen molar-refractivity contribution in [3.8, 4) is 0 Å². The molecule has 0 bridgehead atoms. The third-order valence-electron chi connectivity index (χ3n) is 7.93. The van der Waals surface area contributed by atoms with Crippen LogP contribution in [0.5, 0.6) is 0 Å². The van der Waals surface area contributed by atoms with Crippen molar-refractivity contribution in [2.75, 3.05) is 6.61 Å². The summed E-state index contributed by atoms with van der Waals surface area (Å²) in [6.07, 6.45) is -2.53. The molecule has 1 fully saturated rings. The van der Waals surface area contributed by atoms with E-state index in [-0.39, 0.29) is 0 Å². The molecule has 234 valence electrons. The minimum atomic E-state index is -1.60. The van der Waals surface area contributed by atoms with Crippen molar-refractivity contribution in [1.29, 1.82) is 0 Å². The third-order valence-corrected chi connectivity index (χ3v) is 13.3. The summed E-state index contributed by atoms with van der Waals surface area (Å²) in [6.45, 7) is 1.89. The van der Waals surface area contributed by atoms with Gasteiger partial charge in [0.15, 0.2) is 0 Å². The van der Waals surface area contributed by atoms with Crippen molar-refractivity contribution >= 4 is 8.25 Å². The van der Waals surface area contributed by atoms with Gasteiger partial charge in [0, 0.05) is 0 Å². The summed E-state index contributed by atoms with van der Waals surface area (Å²) >= 11 is -1.60. The fraction of sp³-hybridized carbons (Fsp3) is 0.351. The Labute approximate surface area is 282 Å². The molecule has 1 aliphatic rings. The van der Waals surface area contributed by atoms with E-state index in [4.69, 9.17) is 31.9 Å². The average Bonchev–Trinajstić information content (AvgIpc) is 3.08. The molecule has 0 aromatic heterocycles. The Morgan fingerprint density at radius 3 is 1.42 bits per heavy atom. The molecule has 0 radical (unpaired) electrons. The van der Waals surface area contributed by atoms with Crippen LogP contribution in [0.15, 0.2) is 121 Å². The second-order valence-electron chi connectivity index (χ2n) is 11.4. The predicted octanol–water partition coefficient (Wildman–Crippen LogP) is 7.13. The number of aliphatic hydroxyl groups excluding tert-OH is 1. The van der Waals surface area contributed by atoms with Gasteiger partial charge >= 0.3 is 272 Å². The molecule has 3 unspecified atom stereocenters. The predicted molar refractivity (Wildman–Crippen MR) is 171 cm³/mol. The summed E-state index contributed by atoms with van der Waals surface area (Å²) in [5.41, 5.74) is 4.24. The van der Waals surface area contributed by atoms with Crippen LogP contribution in [0.1, 0.15) is 28.7 Å². The first-order valence-electron chi connectivity index (χ1n) is 15.7. The van der Waals surface area contributed by atoms with Crippen LogP contribution in [-0.2, 0) is 73.5 Å². The van der Waals surface area contributed by atoms with Crippen molar-refractivity contribution in [2.45, 2.75) is 73.4 Å². The fourth-order valence-corrected chi connectivity index (χ4v) is 9.69. The summed E-state index contributed by atoms with van der Waals surface area (Å²) < 4.78 is 33.8. The van der Waals surface area contributed by atoms with Crippen molar-refractivity contribution in [3.05, 3.63) is 144 Å². The average molecular weight is 818 g/mol. The van der Waals surface area contributed by atoms with Gasteiger partial charge in [-0.25, -0.2) is 0 Å². The first-order valence-corrected chi connectivity index (χ1v) is 26.3. The zero-order valence-corrected chi connectivity index (χ0v) is 31.8. The van der Waals surface area contributed by atoms with Gasteiger partial charge in [0.05, 0.1) is 0 Å². The standard InChI is InChI=1S/C37H41O6.ClH.Hg/c1-28(38)22-33-35(40-24-30-16-8-3-9-17-30)37(42-26-32-20-12-5-13-21-32)36(41-25-31-18-10-4-11-19-31)34(43-33)27-39-23-29-14-6-2-7-15-29;;/h2-21,28,33-38H,1,22-27H2;1H;/q;;+1/p-1/t28-,33+,34?,35?,36+,37?;;/m0../s1. The molecular formula is C37H41ClHgO6. The molecule has 5 rings (SSSR count). The maximum atomic E-state index is 11.0. The van der Waals surface area contributed by atoms with Gasteiger partial charge in [-0.3, -0.25) is 0 Å². The van der Waals surface area contributed by atoms with Crippen LogP contribution in [0.25, 0.3) is 0 Å². The molecule has 6 atom stereocenters. The summed E-state index contributed by atoms with van der Waals surface area (Å²) in [6, 6.07) is 40.4. The first kappa shape index (κ1) is 34.2. The summed E-state index contributed by atoms with van der Waals surface area (Å²) in [5.74, 6) is 0. The van der Waals surface area contributed by atoms with Gasteiger partial charge < -0.3 is 0 Å². The van der Waals surface area contributed by atoms with Gasteiger partial charge in [-0.1, -0.05) is 12.1 Å². The van der Waals surface area contributed by atoms with Crippen LogP contribution in [0.2, 0.25) is 3.93 Å². The number of hydrogen-bond acceptors (Lipinski definition) is 6. The molecule has 1 heterocycles. The van der Waals surface area contributed by atoms with Crippen LogP contribution in [0, 0.1) is 0 Å². The Balaban J connectivity index is 1.43. The molecular weight excluding hydrogens is 776 g/mol. The Morgan fingerprint density at radius 2 is 0.978 bits per heavy atom. The van der Waals surface area contributed by atoms with Crippen LogP contribution >= 0.6 is 8.25 Å². The van der Waals surface area contributed by atoms with Crippen molar-refractivity contribution in [3.63, 3.8) is 0 Å². The molecule has 45 heavy (non-hydrogen) atoms. The Bertz CT molecular complexity index is 1350. The van der Waals surface area contributed by atoms with Gasteiger partial charge in [0.25, 0.3) is 0 Å². The van der Waals surface area contributed by atoms with E-state index in [0.717, 1.165) is 22.3 Å². The van der Waals surface area contributed by atoms with E-state index in [0.29, 0.717) is 43.4 Å². The monoisotopic (exact) mass is 818 g/mol. The minimum absolute atomic E-state index is 0.299. The molecule has 6 nitrogen and oxygen atoms in total. The second-order valence-corrected chi connectivity index (χ2v) is 18.4. The first-order chi connectivity index (χ1) is 22.2. The maximum absolute atomic E-state index is 11.0. The number of hydrogen-bond donors (Lipinski definition) is 1. The fourth-order valence-electron chi connectivity index (χ4n) is 5.59. The van der Waals surface area contributed by atoms with Crippen LogP contribution in [-0.4, -0.2) is 48.3 Å². The van der Waals surface area contributed by atoms with Crippen molar-refractivity contribution in [1.82, 2.24) is 0 Å². The summed E-state index contributed by atoms with van der Waals surface area (Å²) in [7, 11) is 6.24. The molecule has 0 amide bonds. The van der Waals surface area contributed by atoms with E-state index < -0.39 is 60.0 Å². The molecule has 0 spiro atoms. The van der Waals surface area contributed by atoms with E-state index in [1.807, 2.05) is 109 Å². The Morgan fingerprint density at radius 1 is 0.578 bits per heavy atom. The molecule has 0 saturated carbocycles. The van der Waals surface area contributed by atoms with Crippen LogP contribution < -0.4 is 0 Å². The van der Waals surface area contributed by atoms with Crippen molar-refractivity contribution < 1.29 is 52.1 Å².